The molecule has 1 saturated carbocycles. The second-order valence-corrected chi connectivity index (χ2v) is 7.97. The molecular formula is C21H35IN4O. The molecule has 1 aromatic rings. The van der Waals surface area contributed by atoms with Gasteiger partial charge in [-0.2, -0.15) is 0 Å². The molecule has 1 saturated heterocycles. The van der Waals surface area contributed by atoms with Gasteiger partial charge in [-0.3, -0.25) is 9.89 Å². The largest absolute Gasteiger partial charge is 0.388 e. The first-order chi connectivity index (χ1) is 12.6. The summed E-state index contributed by atoms with van der Waals surface area (Å²) in [6, 6.07) is 11.6. The van der Waals surface area contributed by atoms with Gasteiger partial charge in [0, 0.05) is 31.7 Å². The van der Waals surface area contributed by atoms with Gasteiger partial charge in [0.05, 0.1) is 12.1 Å². The average molecular weight is 486 g/mol. The first-order valence-corrected chi connectivity index (χ1v) is 10.1. The van der Waals surface area contributed by atoms with Crippen LogP contribution in [0.5, 0.6) is 0 Å². The van der Waals surface area contributed by atoms with E-state index in [1.807, 2.05) is 0 Å². The Bertz CT molecular complexity index is 589. The molecular weight excluding hydrogens is 451 g/mol. The summed E-state index contributed by atoms with van der Waals surface area (Å²) in [7, 11) is 0. The standard InChI is InChI=1S/C21H34N4O.HI/c1-3-22-20(23-16-21(26)11-7-8-12-21)24-19-13-17(2)25(15-19)14-18-9-5-4-6-10-18;/h4-6,9-10,17,19,26H,3,7-8,11-16H2,1-2H3,(H2,22,23,24);1H. The van der Waals surface area contributed by atoms with Crippen LogP contribution < -0.4 is 10.6 Å². The molecule has 1 aliphatic carbocycles. The lowest BCUT2D eigenvalue weighted by Gasteiger charge is -2.22. The Labute approximate surface area is 181 Å². The highest BCUT2D eigenvalue weighted by Crippen LogP contribution is 2.29. The summed E-state index contributed by atoms with van der Waals surface area (Å²) >= 11 is 0. The van der Waals surface area contributed by atoms with E-state index >= 15 is 0 Å². The Hall–Kier alpha value is -0.860. The molecule has 27 heavy (non-hydrogen) atoms. The molecule has 0 bridgehead atoms. The number of nitrogens with one attached hydrogen (secondary N) is 2. The molecule has 0 radical (unpaired) electrons. The van der Waals surface area contributed by atoms with Crippen molar-refractivity contribution < 1.29 is 5.11 Å². The van der Waals surface area contributed by atoms with Gasteiger partial charge < -0.3 is 15.7 Å². The van der Waals surface area contributed by atoms with E-state index in [9.17, 15) is 5.11 Å². The van der Waals surface area contributed by atoms with Crippen molar-refractivity contribution in [3.8, 4) is 0 Å². The Morgan fingerprint density at radius 3 is 2.63 bits per heavy atom. The first kappa shape index (κ1) is 22.4. The van der Waals surface area contributed by atoms with Crippen molar-refractivity contribution in [2.75, 3.05) is 19.6 Å². The van der Waals surface area contributed by atoms with E-state index in [2.05, 4.69) is 59.7 Å². The van der Waals surface area contributed by atoms with E-state index in [0.717, 1.165) is 57.7 Å². The molecule has 2 unspecified atom stereocenters. The fraction of sp³-hybridized carbons (Fsp3) is 0.667. The lowest BCUT2D eigenvalue weighted by Crippen LogP contribution is -2.45. The van der Waals surface area contributed by atoms with Gasteiger partial charge in [0.2, 0.25) is 0 Å². The summed E-state index contributed by atoms with van der Waals surface area (Å²) in [5.41, 5.74) is 0.772. The minimum Gasteiger partial charge on any atom is -0.388 e. The number of aliphatic hydroxyl groups is 1. The van der Waals surface area contributed by atoms with Crippen LogP contribution in [-0.2, 0) is 6.54 Å². The van der Waals surface area contributed by atoms with Crippen LogP contribution in [0.2, 0.25) is 0 Å². The van der Waals surface area contributed by atoms with E-state index in [1.54, 1.807) is 0 Å². The molecule has 0 aromatic heterocycles. The minimum atomic E-state index is -0.593. The van der Waals surface area contributed by atoms with Gasteiger partial charge in [-0.05, 0) is 38.7 Å². The summed E-state index contributed by atoms with van der Waals surface area (Å²) in [5, 5.41) is 17.5. The Morgan fingerprint density at radius 1 is 1.26 bits per heavy atom. The Morgan fingerprint density at radius 2 is 1.96 bits per heavy atom. The zero-order chi connectivity index (χ0) is 18.4. The summed E-state index contributed by atoms with van der Waals surface area (Å²) in [4.78, 5) is 7.22. The monoisotopic (exact) mass is 486 g/mol. The van der Waals surface area contributed by atoms with E-state index in [0.29, 0.717) is 18.6 Å². The first-order valence-electron chi connectivity index (χ1n) is 10.1. The van der Waals surface area contributed by atoms with E-state index in [-0.39, 0.29) is 24.0 Å². The molecule has 1 aliphatic heterocycles. The Balaban J connectivity index is 0.00000261. The van der Waals surface area contributed by atoms with Crippen LogP contribution in [0.25, 0.3) is 0 Å². The van der Waals surface area contributed by atoms with Crippen LogP contribution in [0.4, 0.5) is 0 Å². The summed E-state index contributed by atoms with van der Waals surface area (Å²) in [6.45, 7) is 7.73. The van der Waals surface area contributed by atoms with Crippen molar-refractivity contribution >= 4 is 29.9 Å². The predicted octanol–water partition coefficient (Wildman–Crippen LogP) is 3.13. The van der Waals surface area contributed by atoms with Gasteiger partial charge >= 0.3 is 0 Å². The van der Waals surface area contributed by atoms with Crippen LogP contribution in [-0.4, -0.2) is 53.3 Å². The molecule has 0 amide bonds. The topological polar surface area (TPSA) is 59.9 Å². The molecule has 2 atom stereocenters. The third-order valence-electron chi connectivity index (χ3n) is 5.68. The van der Waals surface area contributed by atoms with Crippen LogP contribution >= 0.6 is 24.0 Å². The summed E-state index contributed by atoms with van der Waals surface area (Å²) < 4.78 is 0. The zero-order valence-corrected chi connectivity index (χ0v) is 19.0. The third kappa shape index (κ3) is 6.61. The van der Waals surface area contributed by atoms with Crippen molar-refractivity contribution in [1.29, 1.82) is 0 Å². The molecule has 6 heteroatoms. The molecule has 152 valence electrons. The summed E-state index contributed by atoms with van der Waals surface area (Å²) in [6.07, 6.45) is 5.10. The Kier molecular flexibility index (Phi) is 8.82. The quantitative estimate of drug-likeness (QED) is 0.329. The maximum absolute atomic E-state index is 10.5. The van der Waals surface area contributed by atoms with Crippen molar-refractivity contribution in [1.82, 2.24) is 15.5 Å². The second kappa shape index (κ2) is 10.6. The maximum Gasteiger partial charge on any atom is 0.191 e. The van der Waals surface area contributed by atoms with Gasteiger partial charge in [0.25, 0.3) is 0 Å². The number of rotatable bonds is 6. The number of hydrogen-bond acceptors (Lipinski definition) is 3. The highest BCUT2D eigenvalue weighted by atomic mass is 127. The minimum absolute atomic E-state index is 0. The molecule has 5 nitrogen and oxygen atoms in total. The number of nitrogens with zero attached hydrogens (tertiary/aromatic N) is 2. The van der Waals surface area contributed by atoms with Gasteiger partial charge in [-0.1, -0.05) is 43.2 Å². The van der Waals surface area contributed by atoms with E-state index < -0.39 is 5.60 Å². The van der Waals surface area contributed by atoms with Crippen LogP contribution in [0.1, 0.15) is 51.5 Å². The number of hydrogen-bond donors (Lipinski definition) is 3. The van der Waals surface area contributed by atoms with Crippen molar-refractivity contribution in [3.63, 3.8) is 0 Å². The zero-order valence-electron chi connectivity index (χ0n) is 16.7. The highest BCUT2D eigenvalue weighted by molar-refractivity contribution is 14.0. The lowest BCUT2D eigenvalue weighted by atomic mass is 10.0. The number of aliphatic imine (C=N–C) groups is 1. The van der Waals surface area contributed by atoms with Gasteiger partial charge in [0.15, 0.2) is 5.96 Å². The number of guanidine groups is 1. The van der Waals surface area contributed by atoms with Crippen molar-refractivity contribution in [3.05, 3.63) is 35.9 Å². The smallest absolute Gasteiger partial charge is 0.191 e. The number of benzene rings is 1. The van der Waals surface area contributed by atoms with Gasteiger partial charge in [-0.15, -0.1) is 24.0 Å². The molecule has 1 aromatic carbocycles. The molecule has 2 fully saturated rings. The normalized spacial score (nSPS) is 25.2. The van der Waals surface area contributed by atoms with Crippen LogP contribution in [0.3, 0.4) is 0 Å². The third-order valence-corrected chi connectivity index (χ3v) is 5.68. The average Bonchev–Trinajstić information content (AvgIpc) is 3.21. The fourth-order valence-corrected chi connectivity index (χ4v) is 4.17. The molecule has 0 spiro atoms. The van der Waals surface area contributed by atoms with Gasteiger partial charge in [-0.25, -0.2) is 0 Å². The van der Waals surface area contributed by atoms with Crippen molar-refractivity contribution in [2.45, 2.75) is 70.2 Å². The number of likely N-dealkylation sites (tertiary alicyclic amines) is 1. The SMILES string of the molecule is CCNC(=NCC1(O)CCCC1)NC1CC(C)N(Cc2ccccc2)C1.I. The molecule has 1 heterocycles. The molecule has 3 N–H and O–H groups in total. The predicted molar refractivity (Wildman–Crippen MR) is 123 cm³/mol. The van der Waals surface area contributed by atoms with Crippen molar-refractivity contribution in [2.24, 2.45) is 4.99 Å². The maximum atomic E-state index is 10.5. The van der Waals surface area contributed by atoms with Crippen LogP contribution in [0, 0.1) is 0 Å². The summed E-state index contributed by atoms with van der Waals surface area (Å²) in [5.74, 6) is 0.839. The van der Waals surface area contributed by atoms with Crippen LogP contribution in [0.15, 0.2) is 35.3 Å². The molecule has 3 rings (SSSR count). The van der Waals surface area contributed by atoms with E-state index in [4.69, 9.17) is 4.99 Å². The second-order valence-electron chi connectivity index (χ2n) is 7.97. The van der Waals surface area contributed by atoms with Gasteiger partial charge in [0.1, 0.15) is 0 Å². The van der Waals surface area contributed by atoms with E-state index in [1.165, 1.54) is 5.56 Å². The molecule has 2 aliphatic rings. The fourth-order valence-electron chi connectivity index (χ4n) is 4.17. The number of halogens is 1. The lowest BCUT2D eigenvalue weighted by molar-refractivity contribution is 0.0574. The highest BCUT2D eigenvalue weighted by Gasteiger charge is 2.32.